The molecule has 2 aliphatic heterocycles. The third-order valence-corrected chi connectivity index (χ3v) is 6.84. The molecule has 1 N–H and O–H groups in total. The third-order valence-electron chi connectivity index (χ3n) is 6.84. The molecule has 2 aromatic carbocycles. The van der Waals surface area contributed by atoms with E-state index >= 15 is 0 Å². The minimum absolute atomic E-state index is 0.115. The molecule has 2 heterocycles. The van der Waals surface area contributed by atoms with Crippen molar-refractivity contribution >= 4 is 5.97 Å². The summed E-state index contributed by atoms with van der Waals surface area (Å²) in [6.45, 7) is 6.11. The maximum absolute atomic E-state index is 12.2. The van der Waals surface area contributed by atoms with E-state index in [4.69, 9.17) is 4.74 Å². The van der Waals surface area contributed by atoms with Crippen molar-refractivity contribution in [1.82, 2.24) is 9.80 Å². The quantitative estimate of drug-likeness (QED) is 0.689. The largest absolute Gasteiger partial charge is 0.453 e. The molecular weight excluding hydrogens is 388 g/mol. The molecule has 31 heavy (non-hydrogen) atoms. The normalized spacial score (nSPS) is 25.9. The van der Waals surface area contributed by atoms with E-state index in [2.05, 4.69) is 21.9 Å². The van der Waals surface area contributed by atoms with Crippen LogP contribution in [0.4, 0.5) is 0 Å². The van der Waals surface area contributed by atoms with Gasteiger partial charge in [-0.3, -0.25) is 9.69 Å². The average Bonchev–Trinajstić information content (AvgIpc) is 3.33. The Morgan fingerprint density at radius 1 is 1.06 bits per heavy atom. The molecule has 2 aliphatic rings. The van der Waals surface area contributed by atoms with Crippen LogP contribution >= 0.6 is 0 Å². The fourth-order valence-corrected chi connectivity index (χ4v) is 5.28. The van der Waals surface area contributed by atoms with Gasteiger partial charge >= 0.3 is 5.97 Å². The van der Waals surface area contributed by atoms with Crippen molar-refractivity contribution in [2.75, 3.05) is 32.7 Å². The molecule has 5 heteroatoms. The number of ether oxygens (including phenoxy) is 1. The van der Waals surface area contributed by atoms with E-state index in [0.29, 0.717) is 6.42 Å². The number of hydrogen-bond acceptors (Lipinski definition) is 5. The van der Waals surface area contributed by atoms with Crippen molar-refractivity contribution in [3.05, 3.63) is 71.8 Å². The number of rotatable bonds is 7. The Hall–Kier alpha value is -2.21. The first kappa shape index (κ1) is 22.0. The summed E-state index contributed by atoms with van der Waals surface area (Å²) in [5.74, 6) is -0.221. The highest BCUT2D eigenvalue weighted by Gasteiger charge is 2.50. The predicted octanol–water partition coefficient (Wildman–Crippen LogP) is 3.74. The van der Waals surface area contributed by atoms with Crippen molar-refractivity contribution in [2.24, 2.45) is 0 Å². The summed E-state index contributed by atoms with van der Waals surface area (Å²) in [5, 5.41) is 10.6. The second-order valence-corrected chi connectivity index (χ2v) is 8.87. The number of hydrogen-bond donors (Lipinski definition) is 1. The fourth-order valence-electron chi connectivity index (χ4n) is 5.28. The Morgan fingerprint density at radius 3 is 2.35 bits per heavy atom. The Balaban J connectivity index is 1.53. The molecule has 5 nitrogen and oxygen atoms in total. The number of carbonyl (C=O) groups is 1. The minimum atomic E-state index is -0.619. The lowest BCUT2D eigenvalue weighted by Gasteiger charge is -2.50. The Morgan fingerprint density at radius 2 is 1.71 bits per heavy atom. The van der Waals surface area contributed by atoms with Gasteiger partial charge in [0.15, 0.2) is 5.60 Å². The first-order valence-electron chi connectivity index (χ1n) is 11.5. The summed E-state index contributed by atoms with van der Waals surface area (Å²) >= 11 is 0. The van der Waals surface area contributed by atoms with Gasteiger partial charge in [-0.2, -0.15) is 0 Å². The van der Waals surface area contributed by atoms with Gasteiger partial charge in [-0.25, -0.2) is 0 Å². The maximum atomic E-state index is 12.2. The molecule has 0 spiro atoms. The van der Waals surface area contributed by atoms with Gasteiger partial charge in [-0.15, -0.1) is 0 Å². The van der Waals surface area contributed by atoms with Crippen molar-refractivity contribution in [3.8, 4) is 0 Å². The highest BCUT2D eigenvalue weighted by Crippen LogP contribution is 2.41. The van der Waals surface area contributed by atoms with Crippen LogP contribution in [0.25, 0.3) is 0 Å². The van der Waals surface area contributed by atoms with Crippen LogP contribution in [-0.4, -0.2) is 59.6 Å². The number of aliphatic hydroxyl groups excluding tert-OH is 1. The summed E-state index contributed by atoms with van der Waals surface area (Å²) in [7, 11) is 0. The molecule has 166 valence electrons. The Labute approximate surface area is 185 Å². The lowest BCUT2D eigenvalue weighted by Crippen LogP contribution is -2.61. The molecule has 2 fully saturated rings. The highest BCUT2D eigenvalue weighted by molar-refractivity contribution is 5.67. The van der Waals surface area contributed by atoms with Crippen molar-refractivity contribution in [2.45, 2.75) is 50.4 Å². The number of nitrogens with zero attached hydrogens (tertiary/aromatic N) is 2. The summed E-state index contributed by atoms with van der Waals surface area (Å²) in [4.78, 5) is 17.2. The molecule has 3 unspecified atom stereocenters. The molecule has 4 rings (SSSR count). The topological polar surface area (TPSA) is 53.0 Å². The van der Waals surface area contributed by atoms with Crippen LogP contribution in [0.5, 0.6) is 0 Å². The van der Waals surface area contributed by atoms with Crippen molar-refractivity contribution in [1.29, 1.82) is 0 Å². The van der Waals surface area contributed by atoms with Gasteiger partial charge in [0.25, 0.3) is 0 Å². The van der Waals surface area contributed by atoms with Crippen LogP contribution in [-0.2, 0) is 15.1 Å². The highest BCUT2D eigenvalue weighted by atomic mass is 16.6. The first-order valence-corrected chi connectivity index (χ1v) is 11.5. The second kappa shape index (κ2) is 9.94. The van der Waals surface area contributed by atoms with Gasteiger partial charge in [0, 0.05) is 33.0 Å². The fraction of sp³-hybridized carbons (Fsp3) is 0.500. The molecule has 0 aliphatic carbocycles. The molecule has 0 bridgehead atoms. The first-order chi connectivity index (χ1) is 15.1. The van der Waals surface area contributed by atoms with Crippen LogP contribution in [0, 0.1) is 0 Å². The zero-order valence-electron chi connectivity index (χ0n) is 18.5. The van der Waals surface area contributed by atoms with Crippen LogP contribution < -0.4 is 0 Å². The van der Waals surface area contributed by atoms with E-state index in [1.807, 2.05) is 48.5 Å². The van der Waals surface area contributed by atoms with E-state index in [9.17, 15) is 9.90 Å². The number of likely N-dealkylation sites (tertiary alicyclic amines) is 2. The van der Waals surface area contributed by atoms with E-state index in [-0.39, 0.29) is 12.0 Å². The van der Waals surface area contributed by atoms with E-state index < -0.39 is 11.7 Å². The summed E-state index contributed by atoms with van der Waals surface area (Å²) < 4.78 is 6.18. The molecule has 3 atom stereocenters. The van der Waals surface area contributed by atoms with E-state index in [1.165, 1.54) is 19.8 Å². The lowest BCUT2D eigenvalue weighted by atomic mass is 9.79. The number of aliphatic hydroxyl groups is 1. The van der Waals surface area contributed by atoms with Crippen LogP contribution in [0.15, 0.2) is 60.7 Å². The van der Waals surface area contributed by atoms with Crippen LogP contribution in [0.2, 0.25) is 0 Å². The van der Waals surface area contributed by atoms with Gasteiger partial charge in [0.2, 0.25) is 0 Å². The minimum Gasteiger partial charge on any atom is -0.453 e. The van der Waals surface area contributed by atoms with Gasteiger partial charge in [0.05, 0.1) is 12.1 Å². The molecule has 0 radical (unpaired) electrons. The third kappa shape index (κ3) is 5.00. The van der Waals surface area contributed by atoms with Gasteiger partial charge in [-0.1, -0.05) is 60.7 Å². The zero-order valence-corrected chi connectivity index (χ0v) is 18.5. The molecule has 0 amide bonds. The van der Waals surface area contributed by atoms with Crippen LogP contribution in [0.1, 0.15) is 49.8 Å². The molecule has 0 saturated carbocycles. The van der Waals surface area contributed by atoms with E-state index in [0.717, 1.165) is 50.3 Å². The van der Waals surface area contributed by atoms with Crippen molar-refractivity contribution in [3.63, 3.8) is 0 Å². The second-order valence-electron chi connectivity index (χ2n) is 8.87. The van der Waals surface area contributed by atoms with Crippen LogP contribution in [0.3, 0.4) is 0 Å². The summed E-state index contributed by atoms with van der Waals surface area (Å²) in [5.41, 5.74) is 1.44. The van der Waals surface area contributed by atoms with E-state index in [1.54, 1.807) is 0 Å². The predicted molar refractivity (Wildman–Crippen MR) is 122 cm³/mol. The Bertz CT molecular complexity index is 838. The zero-order chi connectivity index (χ0) is 21.7. The maximum Gasteiger partial charge on any atom is 0.303 e. The SMILES string of the molecule is CC(=O)OC1(c2ccccc2)CCN(CCC(O)c2ccccc2)CC1N1CCCC1. The smallest absolute Gasteiger partial charge is 0.303 e. The number of benzene rings is 2. The molecular formula is C26H34N2O3. The molecule has 2 saturated heterocycles. The van der Waals surface area contributed by atoms with Gasteiger partial charge in [0.1, 0.15) is 0 Å². The number of piperidine rings is 1. The average molecular weight is 423 g/mol. The monoisotopic (exact) mass is 422 g/mol. The van der Waals surface area contributed by atoms with Crippen molar-refractivity contribution < 1.29 is 14.6 Å². The molecule has 2 aromatic rings. The molecule has 0 aromatic heterocycles. The summed E-state index contributed by atoms with van der Waals surface area (Å²) in [6.07, 6.45) is 3.38. The number of esters is 1. The van der Waals surface area contributed by atoms with Gasteiger partial charge < -0.3 is 14.7 Å². The lowest BCUT2D eigenvalue weighted by molar-refractivity contribution is -0.176. The number of carbonyl (C=O) groups excluding carboxylic acids is 1. The van der Waals surface area contributed by atoms with Gasteiger partial charge in [-0.05, 0) is 43.5 Å². The Kier molecular flexibility index (Phi) is 7.06. The standard InChI is InChI=1S/C26H34N2O3/c1-21(29)31-26(23-12-6-3-7-13-23)15-19-27(20-25(26)28-16-8-9-17-28)18-14-24(30)22-10-4-2-5-11-22/h2-7,10-13,24-25,30H,8-9,14-20H2,1H3. The summed E-state index contributed by atoms with van der Waals surface area (Å²) in [6, 6.07) is 20.3.